The molecule has 0 aromatic heterocycles. The molecule has 1 aliphatic carbocycles. The number of aliphatic hydroxyl groups is 1. The smallest absolute Gasteiger partial charge is 0.315 e. The quantitative estimate of drug-likeness (QED) is 0.765. The van der Waals surface area contributed by atoms with Crippen molar-refractivity contribution < 1.29 is 9.90 Å². The fraction of sp³-hybridized carbons (Fsp3) is 0.417. The minimum absolute atomic E-state index is 0.0542. The number of halogens is 1. The molecule has 0 unspecified atom stereocenters. The van der Waals surface area contributed by atoms with Gasteiger partial charge in [-0.3, -0.25) is 0 Å². The first-order valence-corrected chi connectivity index (χ1v) is 5.97. The van der Waals surface area contributed by atoms with Crippen molar-refractivity contribution in [3.63, 3.8) is 0 Å². The number of benzene rings is 1. The van der Waals surface area contributed by atoms with Crippen molar-refractivity contribution in [2.24, 2.45) is 0 Å². The van der Waals surface area contributed by atoms with Crippen LogP contribution in [0, 0.1) is 0 Å². The fourth-order valence-corrected chi connectivity index (χ4v) is 1.94. The van der Waals surface area contributed by atoms with E-state index in [2.05, 4.69) is 10.6 Å². The monoisotopic (exact) mass is 254 g/mol. The highest BCUT2D eigenvalue weighted by Crippen LogP contribution is 2.45. The zero-order valence-electron chi connectivity index (χ0n) is 9.37. The maximum absolute atomic E-state index is 11.5. The van der Waals surface area contributed by atoms with Crippen LogP contribution < -0.4 is 10.6 Å². The summed E-state index contributed by atoms with van der Waals surface area (Å²) < 4.78 is 0. The van der Waals surface area contributed by atoms with Crippen molar-refractivity contribution in [3.8, 4) is 0 Å². The highest BCUT2D eigenvalue weighted by Gasteiger charge is 2.45. The number of hydrogen-bond donors (Lipinski definition) is 3. The number of carbonyl (C=O) groups excluding carboxylic acids is 1. The van der Waals surface area contributed by atoms with Gasteiger partial charge < -0.3 is 15.7 Å². The van der Waals surface area contributed by atoms with E-state index in [0.29, 0.717) is 5.02 Å². The molecule has 1 aliphatic rings. The molecule has 17 heavy (non-hydrogen) atoms. The van der Waals surface area contributed by atoms with Crippen molar-refractivity contribution in [2.75, 3.05) is 13.2 Å². The molecule has 0 radical (unpaired) electrons. The SMILES string of the molecule is O=C(NCCO)NC1(c2ccc(Cl)cc2)CC1. The van der Waals surface area contributed by atoms with E-state index in [1.807, 2.05) is 24.3 Å². The summed E-state index contributed by atoms with van der Waals surface area (Å²) >= 11 is 5.83. The van der Waals surface area contributed by atoms with Crippen LogP contribution in [0.3, 0.4) is 0 Å². The molecule has 1 saturated carbocycles. The Morgan fingerprint density at radius 1 is 1.35 bits per heavy atom. The second kappa shape index (κ2) is 4.94. The Kier molecular flexibility index (Phi) is 3.54. The topological polar surface area (TPSA) is 61.4 Å². The van der Waals surface area contributed by atoms with Gasteiger partial charge in [-0.1, -0.05) is 23.7 Å². The van der Waals surface area contributed by atoms with Gasteiger partial charge in [-0.15, -0.1) is 0 Å². The van der Waals surface area contributed by atoms with E-state index in [9.17, 15) is 4.79 Å². The average molecular weight is 255 g/mol. The van der Waals surface area contributed by atoms with Crippen molar-refractivity contribution in [2.45, 2.75) is 18.4 Å². The van der Waals surface area contributed by atoms with Crippen LogP contribution in [0.2, 0.25) is 5.02 Å². The number of nitrogens with one attached hydrogen (secondary N) is 2. The summed E-state index contributed by atoms with van der Waals surface area (Å²) in [6.07, 6.45) is 1.86. The molecule has 0 atom stereocenters. The average Bonchev–Trinajstić information content (AvgIpc) is 3.08. The van der Waals surface area contributed by atoms with Gasteiger partial charge in [0.2, 0.25) is 0 Å². The molecule has 3 N–H and O–H groups in total. The summed E-state index contributed by atoms with van der Waals surface area (Å²) in [6.45, 7) is 0.212. The number of urea groups is 1. The second-order valence-electron chi connectivity index (χ2n) is 4.19. The number of aliphatic hydroxyl groups excluding tert-OH is 1. The van der Waals surface area contributed by atoms with Gasteiger partial charge >= 0.3 is 6.03 Å². The molecular formula is C12H15ClN2O2. The number of rotatable bonds is 4. The van der Waals surface area contributed by atoms with Crippen LogP contribution in [0.5, 0.6) is 0 Å². The zero-order chi connectivity index (χ0) is 12.3. The molecular weight excluding hydrogens is 240 g/mol. The molecule has 0 bridgehead atoms. The van der Waals surface area contributed by atoms with Gasteiger partial charge in [0.1, 0.15) is 0 Å². The van der Waals surface area contributed by atoms with E-state index < -0.39 is 0 Å². The van der Waals surface area contributed by atoms with E-state index in [1.54, 1.807) is 0 Å². The Morgan fingerprint density at radius 3 is 2.53 bits per heavy atom. The highest BCUT2D eigenvalue weighted by molar-refractivity contribution is 6.30. The van der Waals surface area contributed by atoms with Gasteiger partial charge in [0.15, 0.2) is 0 Å². The Hall–Kier alpha value is -1.26. The third-order valence-electron chi connectivity index (χ3n) is 2.90. The van der Waals surface area contributed by atoms with E-state index in [1.165, 1.54) is 0 Å². The van der Waals surface area contributed by atoms with Crippen molar-refractivity contribution in [1.29, 1.82) is 0 Å². The Balaban J connectivity index is 2.00. The van der Waals surface area contributed by atoms with Gasteiger partial charge in [0.25, 0.3) is 0 Å². The van der Waals surface area contributed by atoms with E-state index in [-0.39, 0.29) is 24.7 Å². The van der Waals surface area contributed by atoms with E-state index in [4.69, 9.17) is 16.7 Å². The van der Waals surface area contributed by atoms with Crippen LogP contribution >= 0.6 is 11.6 Å². The standard InChI is InChI=1S/C12H15ClN2O2/c13-10-3-1-9(2-4-10)12(5-6-12)15-11(17)14-7-8-16/h1-4,16H,5-8H2,(H2,14,15,17). The molecule has 1 aromatic rings. The van der Waals surface area contributed by atoms with Crippen LogP contribution in [-0.2, 0) is 5.54 Å². The van der Waals surface area contributed by atoms with Gasteiger partial charge in [0, 0.05) is 11.6 Å². The number of hydrogen-bond acceptors (Lipinski definition) is 2. The third-order valence-corrected chi connectivity index (χ3v) is 3.15. The molecule has 92 valence electrons. The fourth-order valence-electron chi connectivity index (χ4n) is 1.81. The van der Waals surface area contributed by atoms with Crippen molar-refractivity contribution >= 4 is 17.6 Å². The first-order chi connectivity index (χ1) is 8.16. The second-order valence-corrected chi connectivity index (χ2v) is 4.63. The van der Waals surface area contributed by atoms with Gasteiger partial charge in [0.05, 0.1) is 12.1 Å². The summed E-state index contributed by atoms with van der Waals surface area (Å²) in [6, 6.07) is 7.27. The Morgan fingerprint density at radius 2 is 2.00 bits per heavy atom. The lowest BCUT2D eigenvalue weighted by Gasteiger charge is -2.18. The predicted molar refractivity (Wildman–Crippen MR) is 66.0 cm³/mol. The molecule has 1 fully saturated rings. The highest BCUT2D eigenvalue weighted by atomic mass is 35.5. The summed E-state index contributed by atoms with van der Waals surface area (Å²) in [5, 5.41) is 14.8. The van der Waals surface area contributed by atoms with Gasteiger partial charge in [-0.25, -0.2) is 4.79 Å². The summed E-state index contributed by atoms with van der Waals surface area (Å²) in [7, 11) is 0. The molecule has 0 spiro atoms. The molecule has 5 heteroatoms. The third kappa shape index (κ3) is 2.90. The lowest BCUT2D eigenvalue weighted by Crippen LogP contribution is -2.43. The summed E-state index contributed by atoms with van der Waals surface area (Å²) in [4.78, 5) is 11.5. The minimum Gasteiger partial charge on any atom is -0.395 e. The first kappa shape index (κ1) is 12.2. The predicted octanol–water partition coefficient (Wildman–Crippen LogP) is 1.62. The largest absolute Gasteiger partial charge is 0.395 e. The van der Waals surface area contributed by atoms with E-state index >= 15 is 0 Å². The maximum atomic E-state index is 11.5. The molecule has 0 aliphatic heterocycles. The summed E-state index contributed by atoms with van der Waals surface area (Å²) in [5.74, 6) is 0. The summed E-state index contributed by atoms with van der Waals surface area (Å²) in [5.41, 5.74) is 0.825. The number of amides is 2. The van der Waals surface area contributed by atoms with Crippen LogP contribution in [0.4, 0.5) is 4.79 Å². The van der Waals surface area contributed by atoms with E-state index in [0.717, 1.165) is 18.4 Å². The first-order valence-electron chi connectivity index (χ1n) is 5.59. The molecule has 0 saturated heterocycles. The molecule has 4 nitrogen and oxygen atoms in total. The molecule has 1 aromatic carbocycles. The molecule has 2 rings (SSSR count). The zero-order valence-corrected chi connectivity index (χ0v) is 10.1. The van der Waals surface area contributed by atoms with Crippen LogP contribution in [0.1, 0.15) is 18.4 Å². The lowest BCUT2D eigenvalue weighted by atomic mass is 10.1. The molecule has 0 heterocycles. The van der Waals surface area contributed by atoms with Crippen molar-refractivity contribution in [3.05, 3.63) is 34.9 Å². The number of carbonyl (C=O) groups is 1. The van der Waals surface area contributed by atoms with Crippen LogP contribution in [0.15, 0.2) is 24.3 Å². The van der Waals surface area contributed by atoms with Gasteiger partial charge in [-0.2, -0.15) is 0 Å². The lowest BCUT2D eigenvalue weighted by molar-refractivity contribution is 0.229. The normalized spacial score (nSPS) is 16.4. The minimum atomic E-state index is -0.246. The molecule has 2 amide bonds. The van der Waals surface area contributed by atoms with Gasteiger partial charge in [-0.05, 0) is 30.5 Å². The van der Waals surface area contributed by atoms with Crippen LogP contribution in [0.25, 0.3) is 0 Å². The Labute approximate surface area is 105 Å². The van der Waals surface area contributed by atoms with Crippen LogP contribution in [-0.4, -0.2) is 24.3 Å². The maximum Gasteiger partial charge on any atom is 0.315 e. The Bertz CT molecular complexity index is 401. The van der Waals surface area contributed by atoms with Crippen molar-refractivity contribution in [1.82, 2.24) is 10.6 Å².